The summed E-state index contributed by atoms with van der Waals surface area (Å²) in [6.45, 7) is 0. The minimum Gasteiger partial charge on any atom is -0.469 e. The Balaban J connectivity index is 2.61. The van der Waals surface area contributed by atoms with Crippen molar-refractivity contribution in [3.8, 4) is 0 Å². The van der Waals surface area contributed by atoms with Crippen LogP contribution in [0.4, 0.5) is 13.2 Å². The van der Waals surface area contributed by atoms with Gasteiger partial charge in [0.1, 0.15) is 0 Å². The molecule has 1 fully saturated rings. The van der Waals surface area contributed by atoms with E-state index in [1.807, 2.05) is 0 Å². The molecule has 3 unspecified atom stereocenters. The Morgan fingerprint density at radius 3 is 2.38 bits per heavy atom. The normalized spacial score (nSPS) is 27.8. The van der Waals surface area contributed by atoms with Gasteiger partial charge in [-0.3, -0.25) is 4.79 Å². The Morgan fingerprint density at radius 2 is 1.94 bits per heavy atom. The molecule has 1 aliphatic rings. The molecule has 0 aromatic carbocycles. The molecule has 1 saturated carbocycles. The number of halogens is 3. The minimum absolute atomic E-state index is 0.185. The summed E-state index contributed by atoms with van der Waals surface area (Å²) in [4.78, 5) is 11.2. The van der Waals surface area contributed by atoms with Gasteiger partial charge in [-0.2, -0.15) is 13.2 Å². The molecule has 0 aliphatic heterocycles. The Labute approximate surface area is 91.9 Å². The van der Waals surface area contributed by atoms with Crippen molar-refractivity contribution in [3.05, 3.63) is 0 Å². The predicted molar refractivity (Wildman–Crippen MR) is 49.7 cm³/mol. The van der Waals surface area contributed by atoms with Crippen LogP contribution in [0.3, 0.4) is 0 Å². The average Bonchev–Trinajstić information content (AvgIpc) is 2.64. The summed E-state index contributed by atoms with van der Waals surface area (Å²) in [5, 5.41) is 0. The number of ether oxygens (including phenoxy) is 2. The van der Waals surface area contributed by atoms with E-state index in [-0.39, 0.29) is 6.42 Å². The zero-order chi connectivity index (χ0) is 12.3. The van der Waals surface area contributed by atoms with Crippen LogP contribution in [0.5, 0.6) is 0 Å². The van der Waals surface area contributed by atoms with Gasteiger partial charge in [-0.25, -0.2) is 0 Å². The van der Waals surface area contributed by atoms with E-state index in [4.69, 9.17) is 0 Å². The molecule has 94 valence electrons. The topological polar surface area (TPSA) is 35.5 Å². The maximum absolute atomic E-state index is 12.5. The minimum atomic E-state index is -4.37. The highest BCUT2D eigenvalue weighted by Crippen LogP contribution is 2.40. The molecule has 0 bridgehead atoms. The maximum atomic E-state index is 12.5. The van der Waals surface area contributed by atoms with E-state index in [0.29, 0.717) is 12.8 Å². The second-order valence-electron chi connectivity index (χ2n) is 3.99. The van der Waals surface area contributed by atoms with Gasteiger partial charge >= 0.3 is 12.1 Å². The summed E-state index contributed by atoms with van der Waals surface area (Å²) in [5.74, 6) is -1.50. The maximum Gasteiger partial charge on any atom is 0.414 e. The number of rotatable bonds is 3. The van der Waals surface area contributed by atoms with Crippen LogP contribution < -0.4 is 0 Å². The summed E-state index contributed by atoms with van der Waals surface area (Å²) < 4.78 is 46.6. The molecular formula is C10H15F3O3. The van der Waals surface area contributed by atoms with Crippen molar-refractivity contribution in [2.75, 3.05) is 14.2 Å². The first-order chi connectivity index (χ1) is 7.40. The first-order valence-corrected chi connectivity index (χ1v) is 5.07. The lowest BCUT2D eigenvalue weighted by molar-refractivity contribution is -0.228. The van der Waals surface area contributed by atoms with E-state index in [1.54, 1.807) is 0 Å². The van der Waals surface area contributed by atoms with Crippen molar-refractivity contribution in [2.24, 2.45) is 11.8 Å². The first kappa shape index (κ1) is 13.3. The highest BCUT2D eigenvalue weighted by Gasteiger charge is 2.48. The Kier molecular flexibility index (Phi) is 4.18. The molecule has 0 heterocycles. The van der Waals surface area contributed by atoms with Crippen molar-refractivity contribution in [1.29, 1.82) is 0 Å². The van der Waals surface area contributed by atoms with Gasteiger partial charge in [-0.15, -0.1) is 0 Å². The van der Waals surface area contributed by atoms with Crippen LogP contribution in [0.25, 0.3) is 0 Å². The highest BCUT2D eigenvalue weighted by atomic mass is 19.4. The number of carbonyl (C=O) groups is 1. The van der Waals surface area contributed by atoms with Crippen LogP contribution in [0.15, 0.2) is 0 Å². The largest absolute Gasteiger partial charge is 0.469 e. The van der Waals surface area contributed by atoms with Gasteiger partial charge < -0.3 is 9.47 Å². The molecule has 3 nitrogen and oxygen atoms in total. The SMILES string of the molecule is COC(=O)C1CCC(C(OC)C(F)(F)F)C1. The zero-order valence-electron chi connectivity index (χ0n) is 9.21. The quantitative estimate of drug-likeness (QED) is 0.709. The summed E-state index contributed by atoms with van der Waals surface area (Å²) >= 11 is 0. The number of alkyl halides is 3. The van der Waals surface area contributed by atoms with E-state index in [1.165, 1.54) is 7.11 Å². The smallest absolute Gasteiger partial charge is 0.414 e. The summed E-state index contributed by atoms with van der Waals surface area (Å²) in [7, 11) is 2.29. The van der Waals surface area contributed by atoms with Gasteiger partial charge in [0.15, 0.2) is 6.10 Å². The lowest BCUT2D eigenvalue weighted by atomic mass is 9.98. The molecule has 6 heteroatoms. The molecule has 0 saturated heterocycles. The molecule has 0 amide bonds. The van der Waals surface area contributed by atoms with E-state index < -0.39 is 30.1 Å². The van der Waals surface area contributed by atoms with E-state index in [2.05, 4.69) is 9.47 Å². The fourth-order valence-corrected chi connectivity index (χ4v) is 2.27. The monoisotopic (exact) mass is 240 g/mol. The van der Waals surface area contributed by atoms with Gasteiger partial charge in [0.2, 0.25) is 0 Å². The number of hydrogen-bond acceptors (Lipinski definition) is 3. The van der Waals surface area contributed by atoms with Gasteiger partial charge in [0.25, 0.3) is 0 Å². The third-order valence-electron chi connectivity index (χ3n) is 3.01. The van der Waals surface area contributed by atoms with Crippen molar-refractivity contribution >= 4 is 5.97 Å². The Morgan fingerprint density at radius 1 is 1.31 bits per heavy atom. The van der Waals surface area contributed by atoms with Crippen LogP contribution in [0.1, 0.15) is 19.3 Å². The third kappa shape index (κ3) is 2.87. The van der Waals surface area contributed by atoms with Gasteiger partial charge in [-0.1, -0.05) is 0 Å². The molecule has 1 rings (SSSR count). The Hall–Kier alpha value is -0.780. The van der Waals surface area contributed by atoms with E-state index in [9.17, 15) is 18.0 Å². The fourth-order valence-electron chi connectivity index (χ4n) is 2.27. The van der Waals surface area contributed by atoms with Gasteiger partial charge in [-0.05, 0) is 25.2 Å². The zero-order valence-corrected chi connectivity index (χ0v) is 9.21. The van der Waals surface area contributed by atoms with Gasteiger partial charge in [0, 0.05) is 7.11 Å². The second kappa shape index (κ2) is 5.03. The molecule has 0 aromatic rings. The van der Waals surface area contributed by atoms with Crippen molar-refractivity contribution < 1.29 is 27.4 Å². The second-order valence-corrected chi connectivity index (χ2v) is 3.99. The molecule has 0 aromatic heterocycles. The van der Waals surface area contributed by atoms with Crippen LogP contribution in [-0.2, 0) is 14.3 Å². The van der Waals surface area contributed by atoms with Crippen LogP contribution in [-0.4, -0.2) is 32.5 Å². The molecule has 16 heavy (non-hydrogen) atoms. The summed E-state index contributed by atoms with van der Waals surface area (Å²) in [5.41, 5.74) is 0. The molecule has 0 radical (unpaired) electrons. The van der Waals surface area contributed by atoms with Crippen molar-refractivity contribution in [3.63, 3.8) is 0 Å². The molecule has 0 spiro atoms. The molecule has 3 atom stereocenters. The first-order valence-electron chi connectivity index (χ1n) is 5.07. The van der Waals surface area contributed by atoms with E-state index >= 15 is 0 Å². The molecule has 1 aliphatic carbocycles. The van der Waals surface area contributed by atoms with Crippen LogP contribution in [0, 0.1) is 11.8 Å². The number of esters is 1. The predicted octanol–water partition coefficient (Wildman–Crippen LogP) is 2.15. The average molecular weight is 240 g/mol. The highest BCUT2D eigenvalue weighted by molar-refractivity contribution is 5.72. The van der Waals surface area contributed by atoms with Crippen LogP contribution in [0.2, 0.25) is 0 Å². The van der Waals surface area contributed by atoms with Crippen LogP contribution >= 0.6 is 0 Å². The Bertz CT molecular complexity index is 252. The fraction of sp³-hybridized carbons (Fsp3) is 0.900. The van der Waals surface area contributed by atoms with E-state index in [0.717, 1.165) is 7.11 Å². The van der Waals surface area contributed by atoms with Crippen molar-refractivity contribution in [1.82, 2.24) is 0 Å². The summed E-state index contributed by atoms with van der Waals surface area (Å²) in [6, 6.07) is 0. The molecule has 0 N–H and O–H groups in total. The number of hydrogen-bond donors (Lipinski definition) is 0. The van der Waals surface area contributed by atoms with Gasteiger partial charge in [0.05, 0.1) is 13.0 Å². The lowest BCUT2D eigenvalue weighted by Gasteiger charge is -2.24. The standard InChI is InChI=1S/C10H15F3O3/c1-15-8(10(11,12)13)6-3-4-7(5-6)9(14)16-2/h6-8H,3-5H2,1-2H3. The third-order valence-corrected chi connectivity index (χ3v) is 3.01. The summed E-state index contributed by atoms with van der Waals surface area (Å²) in [6.07, 6.45) is -5.18. The molecular weight excluding hydrogens is 225 g/mol. The lowest BCUT2D eigenvalue weighted by Crippen LogP contribution is -2.37. The number of methoxy groups -OCH3 is 2. The number of carbonyl (C=O) groups excluding carboxylic acids is 1. The van der Waals surface area contributed by atoms with Crippen molar-refractivity contribution in [2.45, 2.75) is 31.5 Å².